The van der Waals surface area contributed by atoms with Gasteiger partial charge in [-0.2, -0.15) is 0 Å². The van der Waals surface area contributed by atoms with Crippen molar-refractivity contribution in [1.82, 2.24) is 0 Å². The van der Waals surface area contributed by atoms with Crippen molar-refractivity contribution >= 4 is 0 Å². The quantitative estimate of drug-likeness (QED) is 0.815. The minimum absolute atomic E-state index is 0.0573. The minimum atomic E-state index is -2.44. The molecule has 0 saturated carbocycles. The molecule has 0 amide bonds. The number of phenols is 1. The molecule has 0 saturated heterocycles. The number of aromatic hydroxyl groups is 1. The number of aryl methyl sites for hydroxylation is 1. The van der Waals surface area contributed by atoms with Crippen LogP contribution in [-0.2, 0) is 6.42 Å². The molecule has 0 aromatic heterocycles. The third-order valence-electron chi connectivity index (χ3n) is 2.95. The van der Waals surface area contributed by atoms with Crippen molar-refractivity contribution < 1.29 is 13.9 Å². The van der Waals surface area contributed by atoms with E-state index in [2.05, 4.69) is 0 Å². The highest BCUT2D eigenvalue weighted by Gasteiger charge is 2.33. The second kappa shape index (κ2) is 5.25. The van der Waals surface area contributed by atoms with Crippen LogP contribution in [0, 0.1) is 5.41 Å². The van der Waals surface area contributed by atoms with Gasteiger partial charge in [0.1, 0.15) is 5.75 Å². The molecule has 4 heteroatoms. The zero-order chi connectivity index (χ0) is 12.2. The molecule has 0 aliphatic rings. The number of para-hydroxylation sites is 1. The number of phenolic OH excluding ortho intramolecular Hbond substituents is 1. The Morgan fingerprint density at radius 3 is 2.50 bits per heavy atom. The van der Waals surface area contributed by atoms with Crippen molar-refractivity contribution in [2.45, 2.75) is 26.2 Å². The Balaban J connectivity index is 2.67. The smallest absolute Gasteiger partial charge is 0.245 e. The molecule has 2 nitrogen and oxygen atoms in total. The fourth-order valence-electron chi connectivity index (χ4n) is 1.44. The molecule has 0 fully saturated rings. The van der Waals surface area contributed by atoms with Crippen molar-refractivity contribution in [2.24, 2.45) is 11.1 Å². The Morgan fingerprint density at radius 1 is 1.38 bits per heavy atom. The van der Waals surface area contributed by atoms with Gasteiger partial charge in [-0.15, -0.1) is 0 Å². The Labute approximate surface area is 94.1 Å². The molecule has 1 atom stereocenters. The van der Waals surface area contributed by atoms with E-state index in [4.69, 9.17) is 5.73 Å². The number of halogens is 2. The third kappa shape index (κ3) is 2.92. The molecule has 0 heterocycles. The molecule has 1 aromatic carbocycles. The van der Waals surface area contributed by atoms with Crippen LogP contribution in [0.2, 0.25) is 0 Å². The van der Waals surface area contributed by atoms with Gasteiger partial charge in [-0.1, -0.05) is 25.1 Å². The van der Waals surface area contributed by atoms with Crippen molar-refractivity contribution in [3.63, 3.8) is 0 Å². The summed E-state index contributed by atoms with van der Waals surface area (Å²) in [5, 5.41) is 9.50. The number of hydrogen-bond donors (Lipinski definition) is 2. The highest BCUT2D eigenvalue weighted by atomic mass is 19.3. The first-order valence-corrected chi connectivity index (χ1v) is 5.24. The number of benzene rings is 1. The van der Waals surface area contributed by atoms with Crippen LogP contribution in [0.4, 0.5) is 8.78 Å². The van der Waals surface area contributed by atoms with E-state index in [0.717, 1.165) is 0 Å². The number of rotatable bonds is 5. The first kappa shape index (κ1) is 12.9. The van der Waals surface area contributed by atoms with Gasteiger partial charge in [0.25, 0.3) is 0 Å². The maximum atomic E-state index is 12.7. The molecule has 0 bridgehead atoms. The van der Waals surface area contributed by atoms with Gasteiger partial charge in [0.05, 0.1) is 0 Å². The van der Waals surface area contributed by atoms with Gasteiger partial charge < -0.3 is 10.8 Å². The summed E-state index contributed by atoms with van der Waals surface area (Å²) in [6.45, 7) is 1.41. The van der Waals surface area contributed by atoms with Crippen LogP contribution in [0.1, 0.15) is 18.9 Å². The molecule has 1 unspecified atom stereocenters. The average Bonchev–Trinajstić information content (AvgIpc) is 2.27. The molecule has 3 N–H and O–H groups in total. The van der Waals surface area contributed by atoms with Gasteiger partial charge >= 0.3 is 0 Å². The molecule has 1 aromatic rings. The molecule has 90 valence electrons. The number of nitrogens with two attached hydrogens (primary N) is 1. The van der Waals surface area contributed by atoms with Crippen LogP contribution in [0.15, 0.2) is 24.3 Å². The predicted molar refractivity (Wildman–Crippen MR) is 59.6 cm³/mol. The lowest BCUT2D eigenvalue weighted by molar-refractivity contribution is 0.00746. The maximum Gasteiger partial charge on any atom is 0.245 e. The zero-order valence-corrected chi connectivity index (χ0v) is 9.29. The normalized spacial score (nSPS) is 15.1. The molecule has 0 radical (unpaired) electrons. The first-order valence-electron chi connectivity index (χ1n) is 5.24. The standard InChI is InChI=1S/C12H17F2NO/c1-12(8-15,11(13)14)7-6-9-4-2-3-5-10(9)16/h2-5,11,16H,6-8,15H2,1H3. The summed E-state index contributed by atoms with van der Waals surface area (Å²) in [5.74, 6) is 0.149. The van der Waals surface area contributed by atoms with Gasteiger partial charge in [0.15, 0.2) is 0 Å². The Kier molecular flexibility index (Phi) is 4.24. The van der Waals surface area contributed by atoms with Gasteiger partial charge in [0.2, 0.25) is 6.43 Å². The van der Waals surface area contributed by atoms with Gasteiger partial charge in [-0.25, -0.2) is 8.78 Å². The fraction of sp³-hybridized carbons (Fsp3) is 0.500. The predicted octanol–water partition coefficient (Wildman–Crippen LogP) is 2.55. The largest absolute Gasteiger partial charge is 0.508 e. The van der Waals surface area contributed by atoms with Gasteiger partial charge in [0, 0.05) is 12.0 Å². The highest BCUT2D eigenvalue weighted by molar-refractivity contribution is 5.31. The summed E-state index contributed by atoms with van der Waals surface area (Å²) in [7, 11) is 0. The number of alkyl halides is 2. The van der Waals surface area contributed by atoms with E-state index in [1.165, 1.54) is 6.92 Å². The average molecular weight is 229 g/mol. The molecule has 0 aliphatic heterocycles. The summed E-state index contributed by atoms with van der Waals surface area (Å²) in [5.41, 5.74) is 4.87. The molecule has 16 heavy (non-hydrogen) atoms. The summed E-state index contributed by atoms with van der Waals surface area (Å²) in [4.78, 5) is 0. The lowest BCUT2D eigenvalue weighted by Gasteiger charge is -2.26. The van der Waals surface area contributed by atoms with Crippen LogP contribution >= 0.6 is 0 Å². The summed E-state index contributed by atoms with van der Waals surface area (Å²) >= 11 is 0. The van der Waals surface area contributed by atoms with E-state index < -0.39 is 11.8 Å². The summed E-state index contributed by atoms with van der Waals surface area (Å²) < 4.78 is 25.5. The van der Waals surface area contributed by atoms with Crippen LogP contribution in [0.25, 0.3) is 0 Å². The fourth-order valence-corrected chi connectivity index (χ4v) is 1.44. The van der Waals surface area contributed by atoms with Crippen LogP contribution in [-0.4, -0.2) is 18.1 Å². The van der Waals surface area contributed by atoms with E-state index >= 15 is 0 Å². The van der Waals surface area contributed by atoms with Crippen molar-refractivity contribution in [2.75, 3.05) is 6.54 Å². The minimum Gasteiger partial charge on any atom is -0.508 e. The monoisotopic (exact) mass is 229 g/mol. The summed E-state index contributed by atoms with van der Waals surface area (Å²) in [6.07, 6.45) is -1.77. The second-order valence-corrected chi connectivity index (χ2v) is 4.29. The van der Waals surface area contributed by atoms with Crippen molar-refractivity contribution in [3.8, 4) is 5.75 Å². The topological polar surface area (TPSA) is 46.2 Å². The Morgan fingerprint density at radius 2 is 2.00 bits per heavy atom. The van der Waals surface area contributed by atoms with E-state index in [0.29, 0.717) is 12.0 Å². The first-order chi connectivity index (χ1) is 7.49. The second-order valence-electron chi connectivity index (χ2n) is 4.29. The molecular formula is C12H17F2NO. The maximum absolute atomic E-state index is 12.7. The van der Waals surface area contributed by atoms with Gasteiger partial charge in [-0.05, 0) is 24.5 Å². The Bertz CT molecular complexity index is 344. The van der Waals surface area contributed by atoms with Crippen molar-refractivity contribution in [3.05, 3.63) is 29.8 Å². The van der Waals surface area contributed by atoms with Crippen LogP contribution in [0.3, 0.4) is 0 Å². The summed E-state index contributed by atoms with van der Waals surface area (Å²) in [6, 6.07) is 6.76. The molecule has 0 aliphatic carbocycles. The zero-order valence-electron chi connectivity index (χ0n) is 9.29. The SMILES string of the molecule is CC(CN)(CCc1ccccc1O)C(F)F. The van der Waals surface area contributed by atoms with Gasteiger partial charge in [-0.3, -0.25) is 0 Å². The van der Waals surface area contributed by atoms with E-state index in [1.807, 2.05) is 0 Å². The lowest BCUT2D eigenvalue weighted by atomic mass is 9.84. The van der Waals surface area contributed by atoms with E-state index in [1.54, 1.807) is 24.3 Å². The van der Waals surface area contributed by atoms with E-state index in [9.17, 15) is 13.9 Å². The van der Waals surface area contributed by atoms with Crippen LogP contribution < -0.4 is 5.73 Å². The Hall–Kier alpha value is -1.16. The highest BCUT2D eigenvalue weighted by Crippen LogP contribution is 2.31. The molecular weight excluding hydrogens is 212 g/mol. The molecule has 1 rings (SSSR count). The van der Waals surface area contributed by atoms with Crippen molar-refractivity contribution in [1.29, 1.82) is 0 Å². The third-order valence-corrected chi connectivity index (χ3v) is 2.95. The lowest BCUT2D eigenvalue weighted by Crippen LogP contribution is -2.35. The number of hydrogen-bond acceptors (Lipinski definition) is 2. The van der Waals surface area contributed by atoms with Crippen LogP contribution in [0.5, 0.6) is 5.75 Å². The van der Waals surface area contributed by atoms with E-state index in [-0.39, 0.29) is 18.7 Å². The molecule has 0 spiro atoms.